The first-order valence-electron chi connectivity index (χ1n) is 11.0. The topological polar surface area (TPSA) is 69.7 Å². The van der Waals surface area contributed by atoms with Gasteiger partial charge in [0.15, 0.2) is 0 Å². The van der Waals surface area contributed by atoms with Crippen LogP contribution in [0.2, 0.25) is 5.02 Å². The van der Waals surface area contributed by atoms with Crippen molar-refractivity contribution in [1.82, 2.24) is 9.62 Å². The molecule has 35 heavy (non-hydrogen) atoms. The monoisotopic (exact) mass is 517 g/mol. The molecule has 0 radical (unpaired) electrons. The number of sulfonamides is 1. The third-order valence-electron chi connectivity index (χ3n) is 5.74. The van der Waals surface area contributed by atoms with Crippen molar-refractivity contribution in [3.63, 3.8) is 0 Å². The lowest BCUT2D eigenvalue weighted by Gasteiger charge is -2.22. The molecule has 6 nitrogen and oxygen atoms in total. The second-order valence-corrected chi connectivity index (χ2v) is 11.1. The molecule has 0 saturated heterocycles. The van der Waals surface area contributed by atoms with Gasteiger partial charge < -0.3 is 10.2 Å². The number of nitrogens with zero attached hydrogens (tertiary/aromatic N) is 2. The smallest absolute Gasteiger partial charge is 0.253 e. The summed E-state index contributed by atoms with van der Waals surface area (Å²) in [6.07, 6.45) is 0.387. The lowest BCUT2D eigenvalue weighted by Crippen LogP contribution is -2.31. The minimum absolute atomic E-state index is 0.0284. The number of rotatable bonds is 9. The van der Waals surface area contributed by atoms with E-state index in [1.165, 1.54) is 32.3 Å². The number of halogens is 2. The van der Waals surface area contributed by atoms with E-state index in [1.54, 1.807) is 37.2 Å². The quantitative estimate of drug-likeness (QED) is 0.452. The molecule has 186 valence electrons. The Labute approximate surface area is 211 Å². The van der Waals surface area contributed by atoms with Gasteiger partial charge in [0.1, 0.15) is 10.7 Å². The molecule has 0 heterocycles. The number of hydrogen-bond acceptors (Lipinski definition) is 4. The number of amides is 1. The number of carbonyl (C=O) groups is 1. The Morgan fingerprint density at radius 2 is 1.63 bits per heavy atom. The van der Waals surface area contributed by atoms with Crippen LogP contribution in [0.25, 0.3) is 0 Å². The molecule has 0 aliphatic carbocycles. The summed E-state index contributed by atoms with van der Waals surface area (Å²) in [6, 6.07) is 18.9. The van der Waals surface area contributed by atoms with Crippen molar-refractivity contribution >= 4 is 33.2 Å². The van der Waals surface area contributed by atoms with Gasteiger partial charge in [0.25, 0.3) is 5.91 Å². The van der Waals surface area contributed by atoms with Crippen molar-refractivity contribution in [2.75, 3.05) is 39.6 Å². The van der Waals surface area contributed by atoms with Crippen molar-refractivity contribution < 1.29 is 17.6 Å². The molecule has 0 aliphatic heterocycles. The van der Waals surface area contributed by atoms with E-state index in [0.29, 0.717) is 17.7 Å². The molecule has 1 atom stereocenters. The summed E-state index contributed by atoms with van der Waals surface area (Å²) in [4.78, 5) is 14.9. The first-order chi connectivity index (χ1) is 16.5. The average molecular weight is 518 g/mol. The van der Waals surface area contributed by atoms with Gasteiger partial charge in [0, 0.05) is 40.7 Å². The molecule has 0 aromatic heterocycles. The van der Waals surface area contributed by atoms with Crippen LogP contribution in [0.15, 0.2) is 71.6 Å². The number of anilines is 1. The van der Waals surface area contributed by atoms with E-state index in [1.807, 2.05) is 30.3 Å². The van der Waals surface area contributed by atoms with Gasteiger partial charge in [-0.2, -0.15) is 0 Å². The van der Waals surface area contributed by atoms with E-state index < -0.39 is 15.9 Å². The summed E-state index contributed by atoms with van der Waals surface area (Å²) in [6.45, 7) is 0.225. The lowest BCUT2D eigenvalue weighted by molar-refractivity contribution is 0.0951. The molecular formula is C26H29ClFN3O3S. The highest BCUT2D eigenvalue weighted by molar-refractivity contribution is 7.89. The predicted octanol–water partition coefficient (Wildman–Crippen LogP) is 4.55. The maximum Gasteiger partial charge on any atom is 0.253 e. The van der Waals surface area contributed by atoms with Crippen LogP contribution in [0, 0.1) is 5.82 Å². The number of hydrogen-bond donors (Lipinski definition) is 1. The van der Waals surface area contributed by atoms with E-state index >= 15 is 0 Å². The standard InChI is InChI=1S/C26H29ClFN3O3S/c1-30(2)24-16-22(27)25(35(33,34)31(3)4)15-21(24)26(32)29-17-20(18-10-6-5-7-11-18)14-19-12-8-9-13-23(19)28/h5-13,15-16,20H,14,17H2,1-4H3,(H,29,32). The molecule has 3 aromatic carbocycles. The van der Waals surface area contributed by atoms with Crippen molar-refractivity contribution in [1.29, 1.82) is 0 Å². The third kappa shape index (κ3) is 6.20. The highest BCUT2D eigenvalue weighted by Crippen LogP contribution is 2.32. The van der Waals surface area contributed by atoms with Gasteiger partial charge in [-0.1, -0.05) is 60.1 Å². The molecule has 3 rings (SSSR count). The zero-order valence-corrected chi connectivity index (χ0v) is 21.7. The maximum absolute atomic E-state index is 14.4. The van der Waals surface area contributed by atoms with E-state index in [-0.39, 0.29) is 33.8 Å². The van der Waals surface area contributed by atoms with E-state index in [2.05, 4.69) is 5.32 Å². The first-order valence-corrected chi connectivity index (χ1v) is 12.8. The molecule has 9 heteroatoms. The van der Waals surface area contributed by atoms with Crippen LogP contribution in [-0.2, 0) is 16.4 Å². The molecule has 0 aliphatic rings. The van der Waals surface area contributed by atoms with Crippen LogP contribution in [0.3, 0.4) is 0 Å². The fraction of sp³-hybridized carbons (Fsp3) is 0.269. The minimum atomic E-state index is -3.86. The Kier molecular flexibility index (Phi) is 8.53. The Morgan fingerprint density at radius 1 is 1.00 bits per heavy atom. The number of carbonyl (C=O) groups excluding carboxylic acids is 1. The molecule has 1 amide bonds. The summed E-state index contributed by atoms with van der Waals surface area (Å²) in [5.41, 5.74) is 2.17. The maximum atomic E-state index is 14.4. The fourth-order valence-electron chi connectivity index (χ4n) is 3.76. The highest BCUT2D eigenvalue weighted by Gasteiger charge is 2.26. The van der Waals surface area contributed by atoms with Crippen LogP contribution in [0.1, 0.15) is 27.4 Å². The highest BCUT2D eigenvalue weighted by atomic mass is 35.5. The zero-order chi connectivity index (χ0) is 25.8. The minimum Gasteiger partial charge on any atom is -0.377 e. The second-order valence-electron chi connectivity index (χ2n) is 8.59. The van der Waals surface area contributed by atoms with Crippen molar-refractivity contribution in [2.24, 2.45) is 0 Å². The molecular weight excluding hydrogens is 489 g/mol. The van der Waals surface area contributed by atoms with E-state index in [9.17, 15) is 17.6 Å². The van der Waals surface area contributed by atoms with E-state index in [4.69, 9.17) is 11.6 Å². The van der Waals surface area contributed by atoms with Gasteiger partial charge in [-0.05, 0) is 35.7 Å². The molecule has 1 unspecified atom stereocenters. The summed E-state index contributed by atoms with van der Waals surface area (Å²) in [5.74, 6) is -0.946. The molecule has 0 fully saturated rings. The summed E-state index contributed by atoms with van der Waals surface area (Å²) < 4.78 is 40.9. The third-order valence-corrected chi connectivity index (χ3v) is 8.02. The van der Waals surface area contributed by atoms with Crippen LogP contribution >= 0.6 is 11.6 Å². The summed E-state index contributed by atoms with van der Waals surface area (Å²) >= 11 is 6.29. The van der Waals surface area contributed by atoms with Gasteiger partial charge in [0.2, 0.25) is 10.0 Å². The Morgan fingerprint density at radius 3 is 2.23 bits per heavy atom. The van der Waals surface area contributed by atoms with Crippen molar-refractivity contribution in [3.05, 3.63) is 94.3 Å². The fourth-order valence-corrected chi connectivity index (χ4v) is 5.18. The first kappa shape index (κ1) is 26.7. The molecule has 0 saturated carbocycles. The van der Waals surface area contributed by atoms with Gasteiger partial charge in [0.05, 0.1) is 16.3 Å². The summed E-state index contributed by atoms with van der Waals surface area (Å²) in [7, 11) is 2.43. The zero-order valence-electron chi connectivity index (χ0n) is 20.1. The van der Waals surface area contributed by atoms with Crippen LogP contribution in [-0.4, -0.2) is 53.4 Å². The SMILES string of the molecule is CN(C)c1cc(Cl)c(S(=O)(=O)N(C)C)cc1C(=O)NCC(Cc1ccccc1F)c1ccccc1. The second kappa shape index (κ2) is 11.2. The molecule has 0 bridgehead atoms. The predicted molar refractivity (Wildman–Crippen MR) is 138 cm³/mol. The number of benzene rings is 3. The van der Waals surface area contributed by atoms with Gasteiger partial charge >= 0.3 is 0 Å². The van der Waals surface area contributed by atoms with Gasteiger partial charge in [-0.3, -0.25) is 4.79 Å². The Bertz CT molecular complexity index is 1300. The molecule has 3 aromatic rings. The number of nitrogens with one attached hydrogen (secondary N) is 1. The van der Waals surface area contributed by atoms with Crippen LogP contribution in [0.5, 0.6) is 0 Å². The Balaban J connectivity index is 1.94. The normalized spacial score (nSPS) is 12.4. The summed E-state index contributed by atoms with van der Waals surface area (Å²) in [5, 5.41) is 2.95. The lowest BCUT2D eigenvalue weighted by atomic mass is 9.91. The molecule has 0 spiro atoms. The van der Waals surface area contributed by atoms with Crippen LogP contribution in [0.4, 0.5) is 10.1 Å². The Hall–Kier alpha value is -2.94. The average Bonchev–Trinajstić information content (AvgIpc) is 2.82. The van der Waals surface area contributed by atoms with Gasteiger partial charge in [-0.15, -0.1) is 0 Å². The molecule has 1 N–H and O–H groups in total. The van der Waals surface area contributed by atoms with Crippen LogP contribution < -0.4 is 10.2 Å². The largest absolute Gasteiger partial charge is 0.377 e. The van der Waals surface area contributed by atoms with E-state index in [0.717, 1.165) is 9.87 Å². The van der Waals surface area contributed by atoms with Crippen molar-refractivity contribution in [3.8, 4) is 0 Å². The van der Waals surface area contributed by atoms with Gasteiger partial charge in [-0.25, -0.2) is 17.1 Å². The van der Waals surface area contributed by atoms with Crippen molar-refractivity contribution in [2.45, 2.75) is 17.2 Å².